The number of amides is 4. The molecule has 2 aromatic rings. The first-order valence-electron chi connectivity index (χ1n) is 12.3. The Morgan fingerprint density at radius 3 is 2.33 bits per heavy atom. The molecule has 1 heterocycles. The van der Waals surface area contributed by atoms with Gasteiger partial charge in [0.25, 0.3) is 0 Å². The Bertz CT molecular complexity index is 1040. The molecule has 0 aromatic heterocycles. The second-order valence-corrected chi connectivity index (χ2v) is 9.66. The van der Waals surface area contributed by atoms with E-state index in [-0.39, 0.29) is 36.2 Å². The molecule has 194 valence electrons. The number of hydrogen-bond acceptors (Lipinski definition) is 4. The van der Waals surface area contributed by atoms with Crippen LogP contribution in [0.1, 0.15) is 32.8 Å². The summed E-state index contributed by atoms with van der Waals surface area (Å²) in [5.74, 6) is 0.380. The molecule has 2 N–H and O–H groups in total. The Labute approximate surface area is 217 Å². The molecule has 4 amide bonds. The number of halogens is 1. The third kappa shape index (κ3) is 7.13. The normalized spacial score (nSPS) is 17.2. The molecule has 1 aliphatic rings. The number of urea groups is 1. The average molecular weight is 515 g/mol. The first-order valence-corrected chi connectivity index (χ1v) is 12.6. The Morgan fingerprint density at radius 2 is 1.75 bits per heavy atom. The van der Waals surface area contributed by atoms with Gasteiger partial charge in [0.05, 0.1) is 13.5 Å². The minimum absolute atomic E-state index is 0.0288. The van der Waals surface area contributed by atoms with Gasteiger partial charge in [0.1, 0.15) is 11.8 Å². The van der Waals surface area contributed by atoms with Crippen molar-refractivity contribution in [2.75, 3.05) is 32.1 Å². The number of nitrogens with one attached hydrogen (secondary N) is 2. The lowest BCUT2D eigenvalue weighted by Crippen LogP contribution is -2.60. The maximum absolute atomic E-state index is 13.5. The van der Waals surface area contributed by atoms with Crippen molar-refractivity contribution in [2.45, 2.75) is 45.7 Å². The van der Waals surface area contributed by atoms with Gasteiger partial charge in [0, 0.05) is 36.4 Å². The van der Waals surface area contributed by atoms with E-state index >= 15 is 0 Å². The van der Waals surface area contributed by atoms with Crippen LogP contribution in [-0.4, -0.2) is 66.5 Å². The Kier molecular flexibility index (Phi) is 9.58. The summed E-state index contributed by atoms with van der Waals surface area (Å²) in [6.45, 7) is 7.09. The maximum Gasteiger partial charge on any atom is 0.322 e. The molecule has 1 fully saturated rings. The minimum atomic E-state index is -0.623. The Morgan fingerprint density at radius 1 is 1.08 bits per heavy atom. The van der Waals surface area contributed by atoms with Crippen molar-refractivity contribution in [2.24, 2.45) is 5.92 Å². The van der Waals surface area contributed by atoms with E-state index in [2.05, 4.69) is 10.6 Å². The van der Waals surface area contributed by atoms with Crippen molar-refractivity contribution in [3.8, 4) is 5.75 Å². The van der Waals surface area contributed by atoms with Gasteiger partial charge in [-0.25, -0.2) is 4.79 Å². The summed E-state index contributed by atoms with van der Waals surface area (Å²) in [6, 6.07) is 13.2. The lowest BCUT2D eigenvalue weighted by molar-refractivity contribution is -0.139. The number of benzene rings is 2. The van der Waals surface area contributed by atoms with E-state index in [0.717, 1.165) is 17.7 Å². The Balaban J connectivity index is 1.59. The number of methoxy groups -OCH3 is 1. The molecule has 0 bridgehead atoms. The van der Waals surface area contributed by atoms with Crippen LogP contribution >= 0.6 is 11.6 Å². The molecule has 0 spiro atoms. The highest BCUT2D eigenvalue weighted by atomic mass is 35.5. The van der Waals surface area contributed by atoms with Gasteiger partial charge in [-0.2, -0.15) is 0 Å². The monoisotopic (exact) mass is 514 g/mol. The fourth-order valence-electron chi connectivity index (χ4n) is 4.22. The highest BCUT2D eigenvalue weighted by molar-refractivity contribution is 6.30. The predicted molar refractivity (Wildman–Crippen MR) is 141 cm³/mol. The van der Waals surface area contributed by atoms with E-state index in [9.17, 15) is 14.4 Å². The number of piperazine rings is 1. The summed E-state index contributed by atoms with van der Waals surface area (Å²) in [5, 5.41) is 6.44. The first kappa shape index (κ1) is 27.3. The highest BCUT2D eigenvalue weighted by Crippen LogP contribution is 2.19. The summed E-state index contributed by atoms with van der Waals surface area (Å²) in [6.07, 6.45) is 0.928. The molecular weight excluding hydrogens is 480 g/mol. The molecule has 9 heteroatoms. The fraction of sp³-hybridized carbons (Fsp3) is 0.444. The third-order valence-electron chi connectivity index (χ3n) is 6.61. The van der Waals surface area contributed by atoms with Gasteiger partial charge < -0.3 is 25.2 Å². The number of carbonyl (C=O) groups excluding carboxylic acids is 3. The van der Waals surface area contributed by atoms with Gasteiger partial charge >= 0.3 is 6.03 Å². The topological polar surface area (TPSA) is 91.0 Å². The predicted octanol–water partition coefficient (Wildman–Crippen LogP) is 4.19. The van der Waals surface area contributed by atoms with Gasteiger partial charge in [0.2, 0.25) is 11.8 Å². The van der Waals surface area contributed by atoms with Gasteiger partial charge in [-0.05, 0) is 54.8 Å². The molecule has 0 aliphatic carbocycles. The first-order chi connectivity index (χ1) is 17.2. The maximum atomic E-state index is 13.5. The van der Waals surface area contributed by atoms with Crippen molar-refractivity contribution in [3.63, 3.8) is 0 Å². The number of hydrogen-bond donors (Lipinski definition) is 2. The van der Waals surface area contributed by atoms with Crippen LogP contribution in [0.25, 0.3) is 0 Å². The average Bonchev–Trinajstić information content (AvgIpc) is 2.88. The molecule has 3 rings (SSSR count). The van der Waals surface area contributed by atoms with E-state index in [1.165, 1.54) is 0 Å². The largest absolute Gasteiger partial charge is 0.497 e. The van der Waals surface area contributed by atoms with E-state index in [4.69, 9.17) is 16.3 Å². The summed E-state index contributed by atoms with van der Waals surface area (Å²) in [7, 11) is 1.59. The summed E-state index contributed by atoms with van der Waals surface area (Å²) >= 11 is 5.92. The van der Waals surface area contributed by atoms with Crippen LogP contribution in [0.15, 0.2) is 48.5 Å². The Hall–Kier alpha value is -3.26. The van der Waals surface area contributed by atoms with E-state index < -0.39 is 6.04 Å². The second kappa shape index (κ2) is 12.6. The minimum Gasteiger partial charge on any atom is -0.497 e. The van der Waals surface area contributed by atoms with Crippen LogP contribution < -0.4 is 15.4 Å². The van der Waals surface area contributed by atoms with Crippen LogP contribution in [0.3, 0.4) is 0 Å². The molecule has 8 nitrogen and oxygen atoms in total. The molecule has 1 aliphatic heterocycles. The molecule has 0 saturated carbocycles. The van der Waals surface area contributed by atoms with Gasteiger partial charge in [0.15, 0.2) is 0 Å². The zero-order valence-electron chi connectivity index (χ0n) is 21.3. The summed E-state index contributed by atoms with van der Waals surface area (Å²) < 4.78 is 5.16. The lowest BCUT2D eigenvalue weighted by atomic mass is 9.96. The molecule has 36 heavy (non-hydrogen) atoms. The van der Waals surface area contributed by atoms with Crippen LogP contribution in [0.5, 0.6) is 5.75 Å². The number of carbonyl (C=O) groups is 3. The second-order valence-electron chi connectivity index (χ2n) is 9.22. The lowest BCUT2D eigenvalue weighted by Gasteiger charge is -2.41. The third-order valence-corrected chi connectivity index (χ3v) is 6.87. The molecular formula is C27H35ClN4O4. The van der Waals surface area contributed by atoms with Gasteiger partial charge in [-0.15, -0.1) is 0 Å². The highest BCUT2D eigenvalue weighted by Gasteiger charge is 2.35. The molecule has 0 radical (unpaired) electrons. The quantitative estimate of drug-likeness (QED) is 0.552. The van der Waals surface area contributed by atoms with E-state index in [1.807, 2.05) is 45.0 Å². The van der Waals surface area contributed by atoms with Crippen LogP contribution in [0.4, 0.5) is 10.5 Å². The van der Waals surface area contributed by atoms with Crippen molar-refractivity contribution in [3.05, 3.63) is 59.1 Å². The number of anilines is 1. The number of rotatable bonds is 8. The molecule has 3 unspecified atom stereocenters. The van der Waals surface area contributed by atoms with Crippen molar-refractivity contribution in [1.29, 1.82) is 0 Å². The number of nitrogens with zero attached hydrogens (tertiary/aromatic N) is 2. The van der Waals surface area contributed by atoms with Gasteiger partial charge in [-0.3, -0.25) is 9.59 Å². The van der Waals surface area contributed by atoms with Crippen LogP contribution in [-0.2, 0) is 16.0 Å². The SMILES string of the molecule is CCC(C)C(NC(=O)Cc1ccc(OC)cc1)C(=O)N1CCN(C(=O)Nc2ccc(Cl)cc2)C(C)C1. The van der Waals surface area contributed by atoms with Crippen molar-refractivity contribution < 1.29 is 19.1 Å². The fourth-order valence-corrected chi connectivity index (χ4v) is 4.35. The van der Waals surface area contributed by atoms with E-state index in [1.54, 1.807) is 41.2 Å². The molecule has 3 atom stereocenters. The molecule has 2 aromatic carbocycles. The van der Waals surface area contributed by atoms with Crippen molar-refractivity contribution in [1.82, 2.24) is 15.1 Å². The summed E-state index contributed by atoms with van der Waals surface area (Å²) in [4.78, 5) is 42.6. The van der Waals surface area contributed by atoms with Gasteiger partial charge in [-0.1, -0.05) is 44.0 Å². The smallest absolute Gasteiger partial charge is 0.322 e. The van der Waals surface area contributed by atoms with Crippen LogP contribution in [0, 0.1) is 5.92 Å². The summed E-state index contributed by atoms with van der Waals surface area (Å²) in [5.41, 5.74) is 1.50. The van der Waals surface area contributed by atoms with Crippen molar-refractivity contribution >= 4 is 35.1 Å². The van der Waals surface area contributed by atoms with E-state index in [0.29, 0.717) is 30.3 Å². The zero-order chi connectivity index (χ0) is 26.2. The van der Waals surface area contributed by atoms with Crippen LogP contribution in [0.2, 0.25) is 5.02 Å². The zero-order valence-corrected chi connectivity index (χ0v) is 22.0. The molecule has 1 saturated heterocycles. The standard InChI is InChI=1S/C27H35ClN4O4/c1-5-18(2)25(30-24(33)16-20-6-12-23(36-4)13-7-20)26(34)31-14-15-32(19(3)17-31)27(35)29-22-10-8-21(28)9-11-22/h6-13,18-19,25H,5,14-17H2,1-4H3,(H,29,35)(H,30,33). The number of ether oxygens (including phenoxy) is 1.